The monoisotopic (exact) mass is 289 g/mol. The van der Waals surface area contributed by atoms with Crippen LogP contribution >= 0.6 is 11.6 Å². The second-order valence-electron chi connectivity index (χ2n) is 4.46. The molecule has 20 heavy (non-hydrogen) atoms. The molecule has 0 aliphatic carbocycles. The number of carbonyl (C=O) groups is 1. The number of anilines is 2. The molecule has 0 spiro atoms. The van der Waals surface area contributed by atoms with Crippen LogP contribution in [0.2, 0.25) is 5.02 Å². The van der Waals surface area contributed by atoms with Gasteiger partial charge in [-0.15, -0.1) is 0 Å². The molecule has 4 nitrogen and oxygen atoms in total. The van der Waals surface area contributed by atoms with Gasteiger partial charge in [-0.25, -0.2) is 4.98 Å². The topological polar surface area (TPSA) is 54.0 Å². The fraction of sp³-hybridized carbons (Fsp3) is 0.200. The number of pyridine rings is 1. The highest BCUT2D eigenvalue weighted by Gasteiger charge is 2.07. The normalized spacial score (nSPS) is 10.2. The number of carbonyl (C=O) groups excluding carboxylic acids is 1. The summed E-state index contributed by atoms with van der Waals surface area (Å²) in [7, 11) is 0. The molecule has 2 aromatic rings. The van der Waals surface area contributed by atoms with Crippen molar-refractivity contribution >= 4 is 29.0 Å². The lowest BCUT2D eigenvalue weighted by Crippen LogP contribution is -2.19. The van der Waals surface area contributed by atoms with Crippen LogP contribution in [0.15, 0.2) is 36.5 Å². The highest BCUT2D eigenvalue weighted by molar-refractivity contribution is 6.31. The average Bonchev–Trinajstić information content (AvgIpc) is 2.43. The predicted octanol–water partition coefficient (Wildman–Crippen LogP) is 3.42. The third kappa shape index (κ3) is 3.48. The lowest BCUT2D eigenvalue weighted by atomic mass is 10.2. The number of nitrogens with zero attached hydrogens (tertiary/aromatic N) is 1. The van der Waals surface area contributed by atoms with Crippen molar-refractivity contribution in [1.29, 1.82) is 0 Å². The van der Waals surface area contributed by atoms with Gasteiger partial charge < -0.3 is 10.6 Å². The van der Waals surface area contributed by atoms with Crippen LogP contribution in [0.4, 0.5) is 11.5 Å². The standard InChI is InChI=1S/C15H16ClN3O/c1-10-13(16)6-3-7-14(10)19-15-12(5-4-8-17-15)9-18-11(2)20/h3-8H,9H2,1-2H3,(H,17,19)(H,18,20). The molecule has 2 N–H and O–H groups in total. The quantitative estimate of drug-likeness (QED) is 0.907. The molecule has 1 amide bonds. The van der Waals surface area contributed by atoms with Crippen molar-refractivity contribution < 1.29 is 4.79 Å². The van der Waals surface area contributed by atoms with Crippen molar-refractivity contribution in [1.82, 2.24) is 10.3 Å². The molecule has 1 heterocycles. The average molecular weight is 290 g/mol. The zero-order chi connectivity index (χ0) is 14.5. The molecule has 5 heteroatoms. The molecule has 0 aliphatic rings. The summed E-state index contributed by atoms with van der Waals surface area (Å²) in [5, 5.41) is 6.73. The molecule has 104 valence electrons. The Hall–Kier alpha value is -2.07. The lowest BCUT2D eigenvalue weighted by molar-refractivity contribution is -0.119. The number of benzene rings is 1. The van der Waals surface area contributed by atoms with Gasteiger partial charge in [-0.3, -0.25) is 4.79 Å². The van der Waals surface area contributed by atoms with Crippen LogP contribution in [-0.2, 0) is 11.3 Å². The highest BCUT2D eigenvalue weighted by atomic mass is 35.5. The number of aromatic nitrogens is 1. The third-order valence-corrected chi connectivity index (χ3v) is 3.35. The number of nitrogens with one attached hydrogen (secondary N) is 2. The zero-order valence-corrected chi connectivity index (χ0v) is 12.2. The minimum atomic E-state index is -0.0706. The van der Waals surface area contributed by atoms with Gasteiger partial charge in [0.1, 0.15) is 5.82 Å². The first-order chi connectivity index (χ1) is 9.58. The van der Waals surface area contributed by atoms with E-state index in [0.29, 0.717) is 17.4 Å². The van der Waals surface area contributed by atoms with Gasteiger partial charge in [-0.05, 0) is 30.7 Å². The summed E-state index contributed by atoms with van der Waals surface area (Å²) in [6.45, 7) is 3.87. The van der Waals surface area contributed by atoms with Gasteiger partial charge in [0.2, 0.25) is 5.91 Å². The van der Waals surface area contributed by atoms with Crippen molar-refractivity contribution in [3.8, 4) is 0 Å². The van der Waals surface area contributed by atoms with E-state index in [4.69, 9.17) is 11.6 Å². The summed E-state index contributed by atoms with van der Waals surface area (Å²) in [5.41, 5.74) is 2.78. The lowest BCUT2D eigenvalue weighted by Gasteiger charge is -2.13. The second kappa shape index (κ2) is 6.39. The minimum absolute atomic E-state index is 0.0706. The van der Waals surface area contributed by atoms with Crippen LogP contribution < -0.4 is 10.6 Å². The molecule has 0 saturated carbocycles. The summed E-state index contributed by atoms with van der Waals surface area (Å²) in [4.78, 5) is 15.3. The first-order valence-corrected chi connectivity index (χ1v) is 6.66. The van der Waals surface area contributed by atoms with E-state index in [0.717, 1.165) is 16.8 Å². The molecule has 0 unspecified atom stereocenters. The Kier molecular flexibility index (Phi) is 4.58. The Balaban J connectivity index is 2.24. The number of amides is 1. The van der Waals surface area contributed by atoms with Gasteiger partial charge in [0.05, 0.1) is 0 Å². The number of halogens is 1. The first-order valence-electron chi connectivity index (χ1n) is 6.28. The van der Waals surface area contributed by atoms with Crippen LogP contribution in [0.5, 0.6) is 0 Å². The Morgan fingerprint density at radius 1 is 1.30 bits per heavy atom. The fourth-order valence-corrected chi connectivity index (χ4v) is 1.96. The van der Waals surface area contributed by atoms with Gasteiger partial charge in [0.25, 0.3) is 0 Å². The van der Waals surface area contributed by atoms with Gasteiger partial charge in [0, 0.05) is 35.9 Å². The van der Waals surface area contributed by atoms with E-state index >= 15 is 0 Å². The summed E-state index contributed by atoms with van der Waals surface area (Å²) < 4.78 is 0. The maximum atomic E-state index is 11.0. The molecular weight excluding hydrogens is 274 g/mol. The van der Waals surface area contributed by atoms with E-state index in [1.54, 1.807) is 6.20 Å². The molecule has 0 saturated heterocycles. The molecule has 0 bridgehead atoms. The minimum Gasteiger partial charge on any atom is -0.352 e. The number of hydrogen-bond acceptors (Lipinski definition) is 3. The van der Waals surface area contributed by atoms with Crippen LogP contribution in [0.1, 0.15) is 18.1 Å². The summed E-state index contributed by atoms with van der Waals surface area (Å²) >= 11 is 6.11. The van der Waals surface area contributed by atoms with Crippen LogP contribution in [0.25, 0.3) is 0 Å². The molecule has 0 atom stereocenters. The Labute approximate surface area is 123 Å². The molecule has 2 rings (SSSR count). The highest BCUT2D eigenvalue weighted by Crippen LogP contribution is 2.26. The van der Waals surface area contributed by atoms with E-state index in [1.807, 2.05) is 37.3 Å². The van der Waals surface area contributed by atoms with Crippen molar-refractivity contribution in [2.75, 3.05) is 5.32 Å². The second-order valence-corrected chi connectivity index (χ2v) is 4.87. The fourth-order valence-electron chi connectivity index (χ4n) is 1.78. The Bertz CT molecular complexity index is 628. The number of hydrogen-bond donors (Lipinski definition) is 2. The Morgan fingerprint density at radius 2 is 2.10 bits per heavy atom. The zero-order valence-electron chi connectivity index (χ0n) is 11.4. The summed E-state index contributed by atoms with van der Waals surface area (Å²) in [6.07, 6.45) is 1.71. The molecule has 1 aromatic heterocycles. The van der Waals surface area contributed by atoms with Gasteiger partial charge in [-0.1, -0.05) is 23.7 Å². The smallest absolute Gasteiger partial charge is 0.217 e. The molecule has 0 fully saturated rings. The van der Waals surface area contributed by atoms with Gasteiger partial charge >= 0.3 is 0 Å². The summed E-state index contributed by atoms with van der Waals surface area (Å²) in [6, 6.07) is 9.43. The van der Waals surface area contributed by atoms with Crippen molar-refractivity contribution in [3.05, 3.63) is 52.7 Å². The molecule has 0 aliphatic heterocycles. The van der Waals surface area contributed by atoms with E-state index in [1.165, 1.54) is 6.92 Å². The van der Waals surface area contributed by atoms with Gasteiger partial charge in [0.15, 0.2) is 0 Å². The van der Waals surface area contributed by atoms with Gasteiger partial charge in [-0.2, -0.15) is 0 Å². The predicted molar refractivity (Wildman–Crippen MR) is 81.2 cm³/mol. The Morgan fingerprint density at radius 3 is 2.85 bits per heavy atom. The molecular formula is C15H16ClN3O. The van der Waals surface area contributed by atoms with Crippen molar-refractivity contribution in [2.45, 2.75) is 20.4 Å². The van der Waals surface area contributed by atoms with Crippen LogP contribution in [-0.4, -0.2) is 10.9 Å². The van der Waals surface area contributed by atoms with E-state index in [-0.39, 0.29) is 5.91 Å². The summed E-state index contributed by atoms with van der Waals surface area (Å²) in [5.74, 6) is 0.644. The molecule has 0 radical (unpaired) electrons. The van der Waals surface area contributed by atoms with Crippen molar-refractivity contribution in [2.24, 2.45) is 0 Å². The van der Waals surface area contributed by atoms with E-state index in [9.17, 15) is 4.79 Å². The maximum Gasteiger partial charge on any atom is 0.217 e. The van der Waals surface area contributed by atoms with Crippen LogP contribution in [0.3, 0.4) is 0 Å². The van der Waals surface area contributed by atoms with Crippen LogP contribution in [0, 0.1) is 6.92 Å². The third-order valence-electron chi connectivity index (χ3n) is 2.94. The van der Waals surface area contributed by atoms with Crippen molar-refractivity contribution in [3.63, 3.8) is 0 Å². The number of rotatable bonds is 4. The first kappa shape index (κ1) is 14.3. The maximum absolute atomic E-state index is 11.0. The SMILES string of the molecule is CC(=O)NCc1cccnc1Nc1cccc(Cl)c1C. The largest absolute Gasteiger partial charge is 0.352 e. The molecule has 1 aromatic carbocycles. The van der Waals surface area contributed by atoms with E-state index in [2.05, 4.69) is 15.6 Å². The van der Waals surface area contributed by atoms with E-state index < -0.39 is 0 Å².